The first-order valence-corrected chi connectivity index (χ1v) is 22.7. The summed E-state index contributed by atoms with van der Waals surface area (Å²) in [5, 5.41) is 0. The van der Waals surface area contributed by atoms with Gasteiger partial charge in [0, 0.05) is 22.4 Å². The molecule has 63 heavy (non-hydrogen) atoms. The van der Waals surface area contributed by atoms with Crippen LogP contribution in [-0.2, 0) is 23.7 Å². The Labute approximate surface area is 372 Å². The van der Waals surface area contributed by atoms with E-state index in [1.165, 1.54) is 108 Å². The van der Waals surface area contributed by atoms with E-state index in [1.807, 2.05) is 0 Å². The van der Waals surface area contributed by atoms with Crippen LogP contribution in [0.4, 0.5) is 17.1 Å². The first-order chi connectivity index (χ1) is 31.0. The quantitative estimate of drug-likeness (QED) is 0.155. The topological polar surface area (TPSA) is 3.24 Å². The third-order valence-electron chi connectivity index (χ3n) is 14.5. The van der Waals surface area contributed by atoms with E-state index in [-0.39, 0.29) is 5.41 Å². The molecule has 0 unspecified atom stereocenters. The first kappa shape index (κ1) is 37.5. The minimum Gasteiger partial charge on any atom is -0.310 e. The van der Waals surface area contributed by atoms with Crippen molar-refractivity contribution in [3.05, 3.63) is 257 Å². The van der Waals surface area contributed by atoms with Gasteiger partial charge in [-0.15, -0.1) is 0 Å². The Hall–Kier alpha value is -7.22. The SMILES string of the molecule is CC1(C)c2ccccc2-c2ccc(N(c3ccccc3)c3cc4c(cc3-c3c(-c5ccccc5)ccc5c3CCCC5)-c3ccccc3C4(c3ccccc3)c3ccccc3)cc21. The number of benzene rings is 9. The zero-order valence-corrected chi connectivity index (χ0v) is 36.0. The van der Waals surface area contributed by atoms with Gasteiger partial charge in [0.1, 0.15) is 0 Å². The Morgan fingerprint density at radius 3 is 1.63 bits per heavy atom. The third-order valence-corrected chi connectivity index (χ3v) is 14.5. The summed E-state index contributed by atoms with van der Waals surface area (Å²) in [5.41, 5.74) is 24.1. The number of para-hydroxylation sites is 1. The highest BCUT2D eigenvalue weighted by molar-refractivity contribution is 6.01. The van der Waals surface area contributed by atoms with E-state index < -0.39 is 5.41 Å². The molecule has 9 aromatic rings. The van der Waals surface area contributed by atoms with E-state index in [0.29, 0.717) is 0 Å². The van der Waals surface area contributed by atoms with E-state index in [2.05, 4.69) is 231 Å². The van der Waals surface area contributed by atoms with Crippen molar-refractivity contribution in [2.75, 3.05) is 4.90 Å². The van der Waals surface area contributed by atoms with Crippen LogP contribution >= 0.6 is 0 Å². The monoisotopic (exact) mass is 807 g/mol. The Morgan fingerprint density at radius 1 is 0.381 bits per heavy atom. The predicted molar refractivity (Wildman–Crippen MR) is 264 cm³/mol. The lowest BCUT2D eigenvalue weighted by Crippen LogP contribution is -2.29. The lowest BCUT2D eigenvalue weighted by molar-refractivity contribution is 0.660. The van der Waals surface area contributed by atoms with Crippen LogP contribution in [-0.4, -0.2) is 0 Å². The second-order valence-electron chi connectivity index (χ2n) is 18.2. The number of hydrogen-bond acceptors (Lipinski definition) is 1. The summed E-state index contributed by atoms with van der Waals surface area (Å²) < 4.78 is 0. The number of nitrogens with zero attached hydrogens (tertiary/aromatic N) is 1. The Balaban J connectivity index is 1.24. The fourth-order valence-corrected chi connectivity index (χ4v) is 11.7. The molecule has 0 saturated heterocycles. The van der Waals surface area contributed by atoms with Crippen LogP contribution in [0.25, 0.3) is 44.5 Å². The van der Waals surface area contributed by atoms with E-state index in [0.717, 1.165) is 24.2 Å². The zero-order chi connectivity index (χ0) is 42.1. The van der Waals surface area contributed by atoms with Crippen LogP contribution in [0.3, 0.4) is 0 Å². The minimum absolute atomic E-state index is 0.151. The highest BCUT2D eigenvalue weighted by Gasteiger charge is 2.47. The number of fused-ring (bicyclic) bond motifs is 7. The largest absolute Gasteiger partial charge is 0.310 e. The number of aryl methyl sites for hydroxylation is 1. The molecule has 1 nitrogen and oxygen atoms in total. The summed E-state index contributed by atoms with van der Waals surface area (Å²) in [6.45, 7) is 4.78. The van der Waals surface area contributed by atoms with E-state index in [9.17, 15) is 0 Å². The summed E-state index contributed by atoms with van der Waals surface area (Å²) >= 11 is 0. The zero-order valence-electron chi connectivity index (χ0n) is 36.0. The van der Waals surface area contributed by atoms with Crippen LogP contribution in [0.2, 0.25) is 0 Å². The predicted octanol–water partition coefficient (Wildman–Crippen LogP) is 16.0. The van der Waals surface area contributed by atoms with Crippen molar-refractivity contribution < 1.29 is 0 Å². The van der Waals surface area contributed by atoms with Crippen LogP contribution in [0.1, 0.15) is 71.2 Å². The van der Waals surface area contributed by atoms with Gasteiger partial charge in [0.25, 0.3) is 0 Å². The fraction of sp³-hybridized carbons (Fsp3) is 0.129. The maximum absolute atomic E-state index is 2.60. The van der Waals surface area contributed by atoms with Gasteiger partial charge in [0.05, 0.1) is 11.1 Å². The highest BCUT2D eigenvalue weighted by atomic mass is 15.1. The summed E-state index contributed by atoms with van der Waals surface area (Å²) in [6.07, 6.45) is 4.58. The van der Waals surface area contributed by atoms with Gasteiger partial charge in [-0.2, -0.15) is 0 Å². The molecule has 0 saturated carbocycles. The van der Waals surface area contributed by atoms with Gasteiger partial charge in [-0.25, -0.2) is 0 Å². The molecule has 0 N–H and O–H groups in total. The molecule has 0 bridgehead atoms. The van der Waals surface area contributed by atoms with Gasteiger partial charge < -0.3 is 4.90 Å². The number of hydrogen-bond donors (Lipinski definition) is 0. The van der Waals surface area contributed by atoms with Gasteiger partial charge in [-0.3, -0.25) is 0 Å². The summed E-state index contributed by atoms with van der Waals surface area (Å²) in [4.78, 5) is 2.58. The van der Waals surface area contributed by atoms with Crippen molar-refractivity contribution in [1.82, 2.24) is 0 Å². The van der Waals surface area contributed by atoms with Crippen molar-refractivity contribution >= 4 is 17.1 Å². The summed E-state index contributed by atoms with van der Waals surface area (Å²) in [7, 11) is 0. The molecular weight excluding hydrogens is 759 g/mol. The molecule has 0 heterocycles. The summed E-state index contributed by atoms with van der Waals surface area (Å²) in [5.74, 6) is 0. The fourth-order valence-electron chi connectivity index (χ4n) is 11.7. The molecule has 3 aliphatic carbocycles. The maximum Gasteiger partial charge on any atom is 0.0714 e. The lowest BCUT2D eigenvalue weighted by Gasteiger charge is -2.36. The summed E-state index contributed by atoms with van der Waals surface area (Å²) in [6, 6.07) is 80.1. The van der Waals surface area contributed by atoms with Crippen molar-refractivity contribution in [1.29, 1.82) is 0 Å². The lowest BCUT2D eigenvalue weighted by atomic mass is 9.67. The Morgan fingerprint density at radius 2 is 0.937 bits per heavy atom. The second-order valence-corrected chi connectivity index (χ2v) is 18.2. The highest BCUT2D eigenvalue weighted by Crippen LogP contribution is 2.60. The molecular formula is C62H49N. The maximum atomic E-state index is 2.60. The molecule has 9 aromatic carbocycles. The van der Waals surface area contributed by atoms with Gasteiger partial charge in [0.15, 0.2) is 0 Å². The van der Waals surface area contributed by atoms with E-state index >= 15 is 0 Å². The molecule has 1 heteroatoms. The number of rotatable bonds is 7. The van der Waals surface area contributed by atoms with E-state index in [1.54, 1.807) is 0 Å². The molecule has 0 aromatic heterocycles. The van der Waals surface area contributed by atoms with Crippen molar-refractivity contribution in [2.24, 2.45) is 0 Å². The van der Waals surface area contributed by atoms with Gasteiger partial charge in [0.2, 0.25) is 0 Å². The molecule has 0 amide bonds. The molecule has 0 atom stereocenters. The minimum atomic E-state index is -0.552. The molecule has 0 radical (unpaired) electrons. The Kier molecular flexibility index (Phi) is 8.76. The molecule has 3 aliphatic rings. The van der Waals surface area contributed by atoms with Gasteiger partial charge >= 0.3 is 0 Å². The van der Waals surface area contributed by atoms with Gasteiger partial charge in [-0.05, 0) is 146 Å². The van der Waals surface area contributed by atoms with Crippen LogP contribution in [0, 0.1) is 0 Å². The first-order valence-electron chi connectivity index (χ1n) is 22.7. The van der Waals surface area contributed by atoms with Crippen molar-refractivity contribution in [3.8, 4) is 44.5 Å². The Bertz CT molecular complexity index is 3140. The third kappa shape index (κ3) is 5.69. The van der Waals surface area contributed by atoms with Gasteiger partial charge in [-0.1, -0.05) is 190 Å². The number of anilines is 3. The second kappa shape index (κ2) is 14.7. The van der Waals surface area contributed by atoms with Crippen LogP contribution in [0.15, 0.2) is 212 Å². The molecule has 0 fully saturated rings. The normalized spacial score (nSPS) is 14.8. The average Bonchev–Trinajstić information content (AvgIpc) is 3.77. The smallest absolute Gasteiger partial charge is 0.0714 e. The van der Waals surface area contributed by atoms with E-state index in [4.69, 9.17) is 0 Å². The molecule has 0 spiro atoms. The average molecular weight is 808 g/mol. The van der Waals surface area contributed by atoms with Crippen molar-refractivity contribution in [2.45, 2.75) is 50.4 Å². The molecule has 12 rings (SSSR count). The molecule has 0 aliphatic heterocycles. The van der Waals surface area contributed by atoms with Crippen LogP contribution < -0.4 is 4.90 Å². The van der Waals surface area contributed by atoms with Crippen molar-refractivity contribution in [3.63, 3.8) is 0 Å². The van der Waals surface area contributed by atoms with Crippen LogP contribution in [0.5, 0.6) is 0 Å². The molecule has 302 valence electrons. The standard InChI is InChI=1S/C62H49N/c1-61(2)55-33-19-17-31-50(55)52-38-36-47(39-57(52)61)63(46-28-13-6-14-29-46)59-41-58-53(40-54(59)60-48-30-16-15-23-43(48)35-37-49(60)42-21-7-3-8-22-42)51-32-18-20-34-56(51)62(58,44-24-9-4-10-25-44)45-26-11-5-12-27-45/h3-14,17-22,24-29,31-41H,15-16,23,30H2,1-2H3.